The van der Waals surface area contributed by atoms with Gasteiger partial charge >= 0.3 is 0 Å². The van der Waals surface area contributed by atoms with Crippen LogP contribution in [0.4, 0.5) is 0 Å². The van der Waals surface area contributed by atoms with Crippen LogP contribution in [0.3, 0.4) is 0 Å². The number of likely N-dealkylation sites (N-methyl/N-ethyl adjacent to an activating group) is 1. The van der Waals surface area contributed by atoms with Crippen LogP contribution in [0, 0.1) is 0 Å². The Morgan fingerprint density at radius 2 is 2.16 bits per heavy atom. The van der Waals surface area contributed by atoms with Gasteiger partial charge in [-0.05, 0) is 19.2 Å². The molecule has 2 aromatic rings. The molecule has 2 aromatic heterocycles. The first-order valence-corrected chi connectivity index (χ1v) is 6.31. The number of aromatic amines is 1. The maximum absolute atomic E-state index is 12.3. The lowest BCUT2D eigenvalue weighted by molar-refractivity contribution is 0.0658. The fourth-order valence-corrected chi connectivity index (χ4v) is 2.16. The number of rotatable bonds is 2. The average molecular weight is 260 g/mol. The molecule has 19 heavy (non-hydrogen) atoms. The number of nitrogens with one attached hydrogen (secondary N) is 1. The lowest BCUT2D eigenvalue weighted by atomic mass is 10.2. The third kappa shape index (κ3) is 2.39. The van der Waals surface area contributed by atoms with Crippen LogP contribution in [0.15, 0.2) is 28.9 Å². The van der Waals surface area contributed by atoms with E-state index in [1.807, 2.05) is 11.0 Å². The molecule has 0 saturated carbocycles. The molecule has 1 amide bonds. The molecule has 1 aliphatic rings. The van der Waals surface area contributed by atoms with Crippen molar-refractivity contribution in [2.45, 2.75) is 0 Å². The Kier molecular flexibility index (Phi) is 3.08. The monoisotopic (exact) mass is 260 g/mol. The van der Waals surface area contributed by atoms with Crippen molar-refractivity contribution in [2.24, 2.45) is 0 Å². The summed E-state index contributed by atoms with van der Waals surface area (Å²) in [6, 6.07) is 5.37. The number of hydrogen-bond donors (Lipinski definition) is 1. The minimum Gasteiger partial charge on any atom is -0.463 e. The van der Waals surface area contributed by atoms with Gasteiger partial charge in [-0.2, -0.15) is 5.10 Å². The molecule has 6 heteroatoms. The van der Waals surface area contributed by atoms with E-state index in [1.54, 1.807) is 18.4 Å². The van der Waals surface area contributed by atoms with E-state index in [-0.39, 0.29) is 5.91 Å². The van der Waals surface area contributed by atoms with Crippen molar-refractivity contribution < 1.29 is 9.21 Å². The zero-order valence-electron chi connectivity index (χ0n) is 10.8. The van der Waals surface area contributed by atoms with Gasteiger partial charge in [0.15, 0.2) is 11.5 Å². The molecule has 0 radical (unpaired) electrons. The summed E-state index contributed by atoms with van der Waals surface area (Å²) in [6.45, 7) is 3.30. The highest BCUT2D eigenvalue weighted by molar-refractivity contribution is 5.93. The van der Waals surface area contributed by atoms with E-state index in [9.17, 15) is 4.79 Å². The van der Waals surface area contributed by atoms with Gasteiger partial charge in [0.1, 0.15) is 5.69 Å². The number of hydrogen-bond acceptors (Lipinski definition) is 4. The summed E-state index contributed by atoms with van der Waals surface area (Å²) in [5.41, 5.74) is 1.17. The van der Waals surface area contributed by atoms with Gasteiger partial charge in [-0.3, -0.25) is 9.89 Å². The van der Waals surface area contributed by atoms with Gasteiger partial charge in [-0.25, -0.2) is 0 Å². The van der Waals surface area contributed by atoms with Gasteiger partial charge in [0.25, 0.3) is 5.91 Å². The summed E-state index contributed by atoms with van der Waals surface area (Å²) in [5, 5.41) is 6.91. The second-order valence-corrected chi connectivity index (χ2v) is 4.74. The summed E-state index contributed by atoms with van der Waals surface area (Å²) < 4.78 is 5.27. The Morgan fingerprint density at radius 1 is 1.37 bits per heavy atom. The largest absolute Gasteiger partial charge is 0.463 e. The Bertz CT molecular complexity index is 553. The molecule has 1 aliphatic heterocycles. The molecule has 0 spiro atoms. The summed E-state index contributed by atoms with van der Waals surface area (Å²) in [6.07, 6.45) is 1.60. The van der Waals surface area contributed by atoms with Gasteiger partial charge in [-0.15, -0.1) is 0 Å². The summed E-state index contributed by atoms with van der Waals surface area (Å²) in [5.74, 6) is 0.659. The maximum atomic E-state index is 12.3. The predicted octanol–water partition coefficient (Wildman–Crippen LogP) is 1.06. The molecule has 0 aliphatic carbocycles. The fraction of sp³-hybridized carbons (Fsp3) is 0.385. The summed E-state index contributed by atoms with van der Waals surface area (Å²) in [4.78, 5) is 16.3. The number of carbonyl (C=O) groups excluding carboxylic acids is 1. The maximum Gasteiger partial charge on any atom is 0.274 e. The van der Waals surface area contributed by atoms with Crippen molar-refractivity contribution in [1.82, 2.24) is 20.0 Å². The summed E-state index contributed by atoms with van der Waals surface area (Å²) in [7, 11) is 2.06. The Labute approximate surface area is 111 Å². The molecule has 1 N–H and O–H groups in total. The van der Waals surface area contributed by atoms with Crippen molar-refractivity contribution in [3.63, 3.8) is 0 Å². The molecule has 0 unspecified atom stereocenters. The highest BCUT2D eigenvalue weighted by Gasteiger charge is 2.22. The van der Waals surface area contributed by atoms with Crippen LogP contribution in [0.2, 0.25) is 0 Å². The minimum atomic E-state index is -0.0258. The molecular formula is C13H16N4O2. The van der Waals surface area contributed by atoms with Crippen LogP contribution in [-0.4, -0.2) is 59.1 Å². The highest BCUT2D eigenvalue weighted by Crippen LogP contribution is 2.18. The first-order chi connectivity index (χ1) is 9.24. The number of carbonyl (C=O) groups is 1. The van der Waals surface area contributed by atoms with Gasteiger partial charge in [0.05, 0.1) is 6.26 Å². The molecule has 3 rings (SSSR count). The van der Waals surface area contributed by atoms with Crippen molar-refractivity contribution in [3.8, 4) is 11.5 Å². The lowest BCUT2D eigenvalue weighted by Gasteiger charge is -2.31. The van der Waals surface area contributed by atoms with Gasteiger partial charge in [-0.1, -0.05) is 0 Å². The fourth-order valence-electron chi connectivity index (χ4n) is 2.16. The standard InChI is InChI=1S/C13H16N4O2/c1-16-4-6-17(7-5-16)13(18)11-9-10(14-15-11)12-3-2-8-19-12/h2-3,8-9H,4-7H2,1H3,(H,14,15). The second kappa shape index (κ2) is 4.89. The van der Waals surface area contributed by atoms with Crippen molar-refractivity contribution in [2.75, 3.05) is 33.2 Å². The van der Waals surface area contributed by atoms with Gasteiger partial charge < -0.3 is 14.2 Å². The van der Waals surface area contributed by atoms with Crippen LogP contribution in [0.25, 0.3) is 11.5 Å². The lowest BCUT2D eigenvalue weighted by Crippen LogP contribution is -2.47. The van der Waals surface area contributed by atoms with E-state index in [1.165, 1.54) is 0 Å². The number of nitrogens with zero attached hydrogens (tertiary/aromatic N) is 3. The minimum absolute atomic E-state index is 0.0258. The van der Waals surface area contributed by atoms with Crippen LogP contribution >= 0.6 is 0 Å². The molecule has 1 saturated heterocycles. The molecule has 100 valence electrons. The molecule has 0 bridgehead atoms. The van der Waals surface area contributed by atoms with Crippen LogP contribution in [0.5, 0.6) is 0 Å². The molecule has 3 heterocycles. The normalized spacial score (nSPS) is 16.8. The average Bonchev–Trinajstić information content (AvgIpc) is 3.10. The Hall–Kier alpha value is -2.08. The SMILES string of the molecule is CN1CCN(C(=O)c2cc(-c3ccco3)[nH]n2)CC1. The van der Waals surface area contributed by atoms with Crippen molar-refractivity contribution in [3.05, 3.63) is 30.2 Å². The Morgan fingerprint density at radius 3 is 2.84 bits per heavy atom. The van der Waals surface area contributed by atoms with Crippen molar-refractivity contribution >= 4 is 5.91 Å². The van der Waals surface area contributed by atoms with E-state index in [4.69, 9.17) is 4.42 Å². The smallest absolute Gasteiger partial charge is 0.274 e. The van der Waals surface area contributed by atoms with Crippen LogP contribution in [0.1, 0.15) is 10.5 Å². The third-order valence-corrected chi connectivity index (χ3v) is 3.37. The zero-order chi connectivity index (χ0) is 13.2. The second-order valence-electron chi connectivity index (χ2n) is 4.74. The number of piperazine rings is 1. The van der Waals surface area contributed by atoms with E-state index < -0.39 is 0 Å². The zero-order valence-corrected chi connectivity index (χ0v) is 10.8. The van der Waals surface area contributed by atoms with E-state index in [0.717, 1.165) is 31.9 Å². The van der Waals surface area contributed by atoms with Crippen molar-refractivity contribution in [1.29, 1.82) is 0 Å². The van der Waals surface area contributed by atoms with Crippen LogP contribution < -0.4 is 0 Å². The molecule has 1 fully saturated rings. The van der Waals surface area contributed by atoms with Gasteiger partial charge in [0, 0.05) is 32.2 Å². The van der Waals surface area contributed by atoms with E-state index in [0.29, 0.717) is 11.5 Å². The molecular weight excluding hydrogens is 244 g/mol. The molecule has 0 aromatic carbocycles. The first-order valence-electron chi connectivity index (χ1n) is 6.31. The highest BCUT2D eigenvalue weighted by atomic mass is 16.3. The molecule has 0 atom stereocenters. The van der Waals surface area contributed by atoms with Crippen LogP contribution in [-0.2, 0) is 0 Å². The van der Waals surface area contributed by atoms with E-state index >= 15 is 0 Å². The predicted molar refractivity (Wildman–Crippen MR) is 69.7 cm³/mol. The third-order valence-electron chi connectivity index (χ3n) is 3.37. The first kappa shape index (κ1) is 12.0. The summed E-state index contributed by atoms with van der Waals surface area (Å²) >= 11 is 0. The Balaban J connectivity index is 1.74. The quantitative estimate of drug-likeness (QED) is 0.876. The topological polar surface area (TPSA) is 65.4 Å². The number of amides is 1. The van der Waals surface area contributed by atoms with Gasteiger partial charge in [0.2, 0.25) is 0 Å². The molecule has 6 nitrogen and oxygen atoms in total. The number of furan rings is 1. The number of aromatic nitrogens is 2. The number of H-pyrrole nitrogens is 1. The van der Waals surface area contributed by atoms with E-state index in [2.05, 4.69) is 22.1 Å².